The summed E-state index contributed by atoms with van der Waals surface area (Å²) in [6.45, 7) is 17.3. The minimum absolute atomic E-state index is 0.0671. The fraction of sp³-hybridized carbons (Fsp3) is 0.633. The van der Waals surface area contributed by atoms with Crippen LogP contribution in [0.1, 0.15) is 92.9 Å². The van der Waals surface area contributed by atoms with Gasteiger partial charge in [0.1, 0.15) is 12.2 Å². The van der Waals surface area contributed by atoms with E-state index in [0.29, 0.717) is 11.0 Å². The molecule has 0 spiro atoms. The van der Waals surface area contributed by atoms with E-state index in [2.05, 4.69) is 78.5 Å². The Hall–Kier alpha value is -1.87. The van der Waals surface area contributed by atoms with E-state index < -0.39 is 0 Å². The zero-order valence-electron chi connectivity index (χ0n) is 21.7. The number of allylic oxidation sites excluding steroid dienone is 8. The maximum absolute atomic E-state index is 11.7. The van der Waals surface area contributed by atoms with Crippen LogP contribution < -0.4 is 0 Å². The summed E-state index contributed by atoms with van der Waals surface area (Å²) in [7, 11) is 0. The largest absolute Gasteiger partial charge is 0.455 e. The highest BCUT2D eigenvalue weighted by Gasteiger charge is 2.61. The van der Waals surface area contributed by atoms with Crippen molar-refractivity contribution in [3.8, 4) is 0 Å². The van der Waals surface area contributed by atoms with Crippen LogP contribution in [-0.2, 0) is 14.3 Å². The fourth-order valence-electron chi connectivity index (χ4n) is 5.01. The van der Waals surface area contributed by atoms with Crippen molar-refractivity contribution < 1.29 is 14.3 Å². The standard InChI is InChI=1S/C15H20O3.C15H24/c1-9-5-4-8-15(3)13(18-15)12-11(7-6-9)10(2)14(16)17-12;1-13-7-5-8-14(2)10-12-15(3,4)11-6-9-13/h5,11-13H,2,4,6-8H2,1,3H3;6-7,10-11H,5,8-9,12H2,1-4H3. The van der Waals surface area contributed by atoms with Crippen molar-refractivity contribution in [2.75, 3.05) is 0 Å². The molecule has 4 rings (SSSR count). The van der Waals surface area contributed by atoms with Crippen LogP contribution in [0.15, 0.2) is 59.3 Å². The van der Waals surface area contributed by atoms with Gasteiger partial charge in [-0.1, -0.05) is 67.5 Å². The third-order valence-corrected chi connectivity index (χ3v) is 7.59. The van der Waals surface area contributed by atoms with Gasteiger partial charge in [0.25, 0.3) is 0 Å². The van der Waals surface area contributed by atoms with Crippen molar-refractivity contribution >= 4 is 5.97 Å². The van der Waals surface area contributed by atoms with E-state index in [4.69, 9.17) is 9.47 Å². The second kappa shape index (κ2) is 10.6. The molecule has 0 amide bonds. The van der Waals surface area contributed by atoms with Crippen LogP contribution in [-0.4, -0.2) is 23.8 Å². The van der Waals surface area contributed by atoms with E-state index in [9.17, 15) is 4.79 Å². The lowest BCUT2D eigenvalue weighted by atomic mass is 9.84. The summed E-state index contributed by atoms with van der Waals surface area (Å²) in [5, 5.41) is 0. The van der Waals surface area contributed by atoms with E-state index in [1.807, 2.05) is 0 Å². The van der Waals surface area contributed by atoms with Crippen LogP contribution in [0.5, 0.6) is 0 Å². The molecule has 0 bridgehead atoms. The van der Waals surface area contributed by atoms with Gasteiger partial charge in [-0.15, -0.1) is 0 Å². The Morgan fingerprint density at radius 1 is 0.970 bits per heavy atom. The van der Waals surface area contributed by atoms with E-state index in [0.717, 1.165) is 38.5 Å². The fourth-order valence-corrected chi connectivity index (χ4v) is 5.01. The highest BCUT2D eigenvalue weighted by atomic mass is 16.6. The Bertz CT molecular complexity index is 869. The summed E-state index contributed by atoms with van der Waals surface area (Å²) in [4.78, 5) is 11.7. The molecule has 0 aromatic heterocycles. The summed E-state index contributed by atoms with van der Waals surface area (Å²) in [5.74, 6) is -0.102. The van der Waals surface area contributed by atoms with Crippen molar-refractivity contribution in [1.82, 2.24) is 0 Å². The number of hydrogen-bond donors (Lipinski definition) is 0. The smallest absolute Gasteiger partial charge is 0.334 e. The Kier molecular flexibility index (Phi) is 8.26. The molecule has 182 valence electrons. The number of ether oxygens (including phenoxy) is 2. The molecule has 4 atom stereocenters. The number of fused-ring (bicyclic) bond motifs is 3. The molecule has 33 heavy (non-hydrogen) atoms. The summed E-state index contributed by atoms with van der Waals surface area (Å²) >= 11 is 0. The van der Waals surface area contributed by atoms with Gasteiger partial charge in [0.15, 0.2) is 0 Å². The first-order chi connectivity index (χ1) is 15.5. The maximum Gasteiger partial charge on any atom is 0.334 e. The molecule has 0 radical (unpaired) electrons. The third kappa shape index (κ3) is 7.06. The van der Waals surface area contributed by atoms with Crippen molar-refractivity contribution in [3.63, 3.8) is 0 Å². The van der Waals surface area contributed by atoms with Crippen molar-refractivity contribution in [3.05, 3.63) is 59.3 Å². The molecule has 3 nitrogen and oxygen atoms in total. The second-order valence-electron chi connectivity index (χ2n) is 11.4. The van der Waals surface area contributed by atoms with Gasteiger partial charge in [0.05, 0.1) is 5.60 Å². The molecule has 4 aliphatic rings. The van der Waals surface area contributed by atoms with Gasteiger partial charge >= 0.3 is 5.97 Å². The average Bonchev–Trinajstić information content (AvgIpc) is 3.33. The molecule has 0 aromatic carbocycles. The monoisotopic (exact) mass is 452 g/mol. The van der Waals surface area contributed by atoms with Gasteiger partial charge in [-0.3, -0.25) is 0 Å². The normalized spacial score (nSPS) is 34.1. The number of carbonyl (C=O) groups is 1. The summed E-state index contributed by atoms with van der Waals surface area (Å²) in [6, 6.07) is 0. The SMILES string of the molecule is C=C1C(=O)OC2C1CCC(C)=CCCC1(C)OC21.CC1=CCCC(C)=CCC(C)(C)C=CC1. The van der Waals surface area contributed by atoms with E-state index in [1.165, 1.54) is 29.6 Å². The van der Waals surface area contributed by atoms with Crippen LogP contribution in [0.25, 0.3) is 0 Å². The van der Waals surface area contributed by atoms with Gasteiger partial charge in [-0.05, 0) is 84.5 Å². The first-order valence-corrected chi connectivity index (χ1v) is 12.7. The minimum atomic E-state index is -0.233. The van der Waals surface area contributed by atoms with Gasteiger partial charge in [0, 0.05) is 11.5 Å². The molecule has 3 heteroatoms. The Morgan fingerprint density at radius 3 is 2.42 bits per heavy atom. The molecule has 2 heterocycles. The predicted octanol–water partition coefficient (Wildman–Crippen LogP) is 7.80. The predicted molar refractivity (Wildman–Crippen MR) is 137 cm³/mol. The van der Waals surface area contributed by atoms with Gasteiger partial charge < -0.3 is 9.47 Å². The molecule has 2 fully saturated rings. The van der Waals surface area contributed by atoms with Gasteiger partial charge in [-0.25, -0.2) is 4.79 Å². The summed E-state index contributed by atoms with van der Waals surface area (Å²) in [5.41, 5.74) is 5.25. The quantitative estimate of drug-likeness (QED) is 0.163. The maximum atomic E-state index is 11.7. The zero-order valence-corrected chi connectivity index (χ0v) is 21.7. The first-order valence-electron chi connectivity index (χ1n) is 12.7. The highest BCUT2D eigenvalue weighted by molar-refractivity contribution is 5.91. The average molecular weight is 453 g/mol. The third-order valence-electron chi connectivity index (χ3n) is 7.59. The molecule has 0 aromatic rings. The lowest BCUT2D eigenvalue weighted by Gasteiger charge is -2.19. The van der Waals surface area contributed by atoms with E-state index in [1.54, 1.807) is 0 Å². The minimum Gasteiger partial charge on any atom is -0.455 e. The van der Waals surface area contributed by atoms with Gasteiger partial charge in [0.2, 0.25) is 0 Å². The zero-order chi connectivity index (χ0) is 24.2. The van der Waals surface area contributed by atoms with Crippen molar-refractivity contribution in [1.29, 1.82) is 0 Å². The molecule has 2 aliphatic carbocycles. The molecule has 4 unspecified atom stereocenters. The Balaban J connectivity index is 0.000000190. The van der Waals surface area contributed by atoms with Crippen LogP contribution in [0.4, 0.5) is 0 Å². The van der Waals surface area contributed by atoms with Crippen LogP contribution >= 0.6 is 0 Å². The lowest BCUT2D eigenvalue weighted by Crippen LogP contribution is -2.28. The summed E-state index contributed by atoms with van der Waals surface area (Å²) < 4.78 is 11.3. The Labute approximate surface area is 201 Å². The molecular formula is C30H44O3. The van der Waals surface area contributed by atoms with Crippen LogP contribution in [0.2, 0.25) is 0 Å². The van der Waals surface area contributed by atoms with E-state index in [-0.39, 0.29) is 29.7 Å². The Morgan fingerprint density at radius 2 is 1.67 bits per heavy atom. The van der Waals surface area contributed by atoms with Crippen LogP contribution in [0.3, 0.4) is 0 Å². The van der Waals surface area contributed by atoms with Crippen molar-refractivity contribution in [2.45, 2.75) is 111 Å². The number of rotatable bonds is 0. The second-order valence-corrected chi connectivity index (χ2v) is 11.4. The highest BCUT2D eigenvalue weighted by Crippen LogP contribution is 2.49. The first kappa shape index (κ1) is 25.7. The van der Waals surface area contributed by atoms with E-state index >= 15 is 0 Å². The molecular weight excluding hydrogens is 408 g/mol. The number of epoxide rings is 1. The molecule has 2 saturated heterocycles. The topological polar surface area (TPSA) is 38.8 Å². The van der Waals surface area contributed by atoms with Crippen molar-refractivity contribution in [2.24, 2.45) is 11.3 Å². The summed E-state index contributed by atoms with van der Waals surface area (Å²) in [6.07, 6.45) is 20.4. The number of esters is 1. The lowest BCUT2D eigenvalue weighted by molar-refractivity contribution is -0.140. The van der Waals surface area contributed by atoms with Gasteiger partial charge in [-0.2, -0.15) is 0 Å². The number of carbonyl (C=O) groups excluding carboxylic acids is 1. The molecule has 0 saturated carbocycles. The number of hydrogen-bond acceptors (Lipinski definition) is 3. The molecule has 0 N–H and O–H groups in total. The molecule has 2 aliphatic heterocycles. The van der Waals surface area contributed by atoms with Crippen LogP contribution in [0, 0.1) is 11.3 Å².